The molecule has 0 saturated heterocycles. The second kappa shape index (κ2) is 8.11. The topological polar surface area (TPSA) is 21.3 Å². The van der Waals surface area contributed by atoms with E-state index in [2.05, 4.69) is 31.0 Å². The smallest absolute Gasteiger partial charge is 0.124 e. The van der Waals surface area contributed by atoms with Crippen LogP contribution < -0.4 is 10.1 Å². The minimum atomic E-state index is 0.565. The van der Waals surface area contributed by atoms with Gasteiger partial charge in [0.1, 0.15) is 12.4 Å². The van der Waals surface area contributed by atoms with Crippen LogP contribution in [0.5, 0.6) is 5.75 Å². The zero-order chi connectivity index (χ0) is 14.2. The average Bonchev–Trinajstić information content (AvgIpc) is 2.52. The standard InChI is InChI=1S/C18H27NO/c1-3-13-20-18-12-8-7-11-17(18)14-19-15(2)16-9-5-4-6-10-16/h3,7-8,11-12,15-16,19H,1,4-6,9-10,13-14H2,2H3/t15-/m1/s1. The van der Waals surface area contributed by atoms with Crippen LogP contribution in [0.1, 0.15) is 44.6 Å². The van der Waals surface area contributed by atoms with Gasteiger partial charge in [0.15, 0.2) is 0 Å². The van der Waals surface area contributed by atoms with Gasteiger partial charge < -0.3 is 10.1 Å². The normalized spacial score (nSPS) is 17.6. The van der Waals surface area contributed by atoms with E-state index < -0.39 is 0 Å². The van der Waals surface area contributed by atoms with Gasteiger partial charge in [-0.2, -0.15) is 0 Å². The minimum absolute atomic E-state index is 0.565. The molecule has 1 saturated carbocycles. The molecule has 0 aliphatic heterocycles. The van der Waals surface area contributed by atoms with Crippen molar-refractivity contribution in [2.24, 2.45) is 5.92 Å². The Labute approximate surface area is 123 Å². The molecule has 1 fully saturated rings. The summed E-state index contributed by atoms with van der Waals surface area (Å²) >= 11 is 0. The summed E-state index contributed by atoms with van der Waals surface area (Å²) in [5.41, 5.74) is 1.23. The summed E-state index contributed by atoms with van der Waals surface area (Å²) in [6.07, 6.45) is 8.76. The average molecular weight is 273 g/mol. The van der Waals surface area contributed by atoms with Gasteiger partial charge >= 0.3 is 0 Å². The molecule has 0 radical (unpaired) electrons. The molecule has 1 aromatic rings. The van der Waals surface area contributed by atoms with Crippen LogP contribution in [0.25, 0.3) is 0 Å². The number of benzene rings is 1. The molecule has 2 nitrogen and oxygen atoms in total. The Morgan fingerprint density at radius 3 is 2.80 bits per heavy atom. The molecule has 0 spiro atoms. The Kier molecular flexibility index (Phi) is 6.13. The van der Waals surface area contributed by atoms with Crippen molar-refractivity contribution >= 4 is 0 Å². The van der Waals surface area contributed by atoms with Gasteiger partial charge in [0.05, 0.1) is 0 Å². The maximum atomic E-state index is 5.71. The molecule has 0 heterocycles. The lowest BCUT2D eigenvalue weighted by Crippen LogP contribution is -2.34. The fraction of sp³-hybridized carbons (Fsp3) is 0.556. The van der Waals surface area contributed by atoms with E-state index in [-0.39, 0.29) is 0 Å². The predicted molar refractivity (Wildman–Crippen MR) is 85.0 cm³/mol. The molecule has 2 rings (SSSR count). The molecule has 20 heavy (non-hydrogen) atoms. The molecule has 0 aromatic heterocycles. The highest BCUT2D eigenvalue weighted by atomic mass is 16.5. The fourth-order valence-electron chi connectivity index (χ4n) is 3.01. The van der Waals surface area contributed by atoms with Crippen molar-refractivity contribution in [1.29, 1.82) is 0 Å². The third-order valence-corrected chi connectivity index (χ3v) is 4.30. The number of ether oxygens (including phenoxy) is 1. The van der Waals surface area contributed by atoms with E-state index in [1.165, 1.54) is 37.7 Å². The predicted octanol–water partition coefficient (Wildman–Crippen LogP) is 4.31. The van der Waals surface area contributed by atoms with E-state index in [1.807, 2.05) is 12.1 Å². The third-order valence-electron chi connectivity index (χ3n) is 4.30. The van der Waals surface area contributed by atoms with Crippen LogP contribution in [0.4, 0.5) is 0 Å². The van der Waals surface area contributed by atoms with Crippen molar-refractivity contribution < 1.29 is 4.74 Å². The van der Waals surface area contributed by atoms with E-state index in [9.17, 15) is 0 Å². The first-order valence-corrected chi connectivity index (χ1v) is 7.86. The highest BCUT2D eigenvalue weighted by Crippen LogP contribution is 2.27. The maximum Gasteiger partial charge on any atom is 0.124 e. The largest absolute Gasteiger partial charge is 0.489 e. The lowest BCUT2D eigenvalue weighted by atomic mass is 9.84. The van der Waals surface area contributed by atoms with Gasteiger partial charge in [-0.05, 0) is 31.7 Å². The summed E-state index contributed by atoms with van der Waals surface area (Å²) < 4.78 is 5.71. The molecule has 1 aliphatic rings. The second-order valence-corrected chi connectivity index (χ2v) is 5.78. The van der Waals surface area contributed by atoms with Gasteiger partial charge in [0.2, 0.25) is 0 Å². The SMILES string of the molecule is C=CCOc1ccccc1CN[C@H](C)C1CCCCC1. The quantitative estimate of drug-likeness (QED) is 0.747. The van der Waals surface area contributed by atoms with Crippen molar-refractivity contribution in [3.05, 3.63) is 42.5 Å². The first-order chi connectivity index (χ1) is 9.81. The maximum absolute atomic E-state index is 5.71. The van der Waals surface area contributed by atoms with Crippen LogP contribution in [0.3, 0.4) is 0 Å². The molecule has 2 heteroatoms. The Morgan fingerprint density at radius 1 is 1.30 bits per heavy atom. The molecule has 0 amide bonds. The molecule has 1 atom stereocenters. The summed E-state index contributed by atoms with van der Waals surface area (Å²) in [6.45, 7) is 7.47. The Bertz CT molecular complexity index is 410. The molecule has 0 bridgehead atoms. The third kappa shape index (κ3) is 4.38. The molecule has 110 valence electrons. The van der Waals surface area contributed by atoms with Crippen molar-refractivity contribution in [2.75, 3.05) is 6.61 Å². The van der Waals surface area contributed by atoms with E-state index in [0.29, 0.717) is 12.6 Å². The minimum Gasteiger partial charge on any atom is -0.489 e. The van der Waals surface area contributed by atoms with Crippen molar-refractivity contribution in [3.63, 3.8) is 0 Å². The highest BCUT2D eigenvalue weighted by Gasteiger charge is 2.19. The molecule has 0 unspecified atom stereocenters. The first kappa shape index (κ1) is 15.1. The van der Waals surface area contributed by atoms with Gasteiger partial charge in [-0.25, -0.2) is 0 Å². The summed E-state index contributed by atoms with van der Waals surface area (Å²) in [6, 6.07) is 8.85. The van der Waals surface area contributed by atoms with Gasteiger partial charge in [0.25, 0.3) is 0 Å². The van der Waals surface area contributed by atoms with Gasteiger partial charge in [-0.15, -0.1) is 0 Å². The molecule has 1 aliphatic carbocycles. The van der Waals surface area contributed by atoms with Gasteiger partial charge in [-0.1, -0.05) is 50.1 Å². The van der Waals surface area contributed by atoms with Crippen molar-refractivity contribution in [3.8, 4) is 5.75 Å². The van der Waals surface area contributed by atoms with Crippen LogP contribution >= 0.6 is 0 Å². The molecular formula is C18H27NO. The van der Waals surface area contributed by atoms with Crippen molar-refractivity contribution in [1.82, 2.24) is 5.32 Å². The van der Waals surface area contributed by atoms with E-state index in [1.54, 1.807) is 6.08 Å². The summed E-state index contributed by atoms with van der Waals surface area (Å²) in [4.78, 5) is 0. The number of hydrogen-bond donors (Lipinski definition) is 1. The van der Waals surface area contributed by atoms with E-state index >= 15 is 0 Å². The van der Waals surface area contributed by atoms with Crippen LogP contribution in [-0.4, -0.2) is 12.6 Å². The Balaban J connectivity index is 1.87. The highest BCUT2D eigenvalue weighted by molar-refractivity contribution is 5.33. The Hall–Kier alpha value is -1.28. The van der Waals surface area contributed by atoms with Gasteiger partial charge in [-0.3, -0.25) is 0 Å². The molecular weight excluding hydrogens is 246 g/mol. The van der Waals surface area contributed by atoms with Crippen LogP contribution in [0.2, 0.25) is 0 Å². The van der Waals surface area contributed by atoms with Crippen LogP contribution in [0, 0.1) is 5.92 Å². The summed E-state index contributed by atoms with van der Waals surface area (Å²) in [5.74, 6) is 1.81. The number of para-hydroxylation sites is 1. The Morgan fingerprint density at radius 2 is 2.05 bits per heavy atom. The second-order valence-electron chi connectivity index (χ2n) is 5.78. The van der Waals surface area contributed by atoms with Gasteiger partial charge in [0, 0.05) is 18.2 Å². The van der Waals surface area contributed by atoms with Crippen LogP contribution in [0.15, 0.2) is 36.9 Å². The number of nitrogens with one attached hydrogen (secondary N) is 1. The lowest BCUT2D eigenvalue weighted by molar-refractivity contribution is 0.279. The zero-order valence-electron chi connectivity index (χ0n) is 12.6. The molecule has 1 N–H and O–H groups in total. The van der Waals surface area contributed by atoms with Crippen LogP contribution in [-0.2, 0) is 6.54 Å². The monoisotopic (exact) mass is 273 g/mol. The molecule has 1 aromatic carbocycles. The number of rotatable bonds is 7. The van der Waals surface area contributed by atoms with Crippen molar-refractivity contribution in [2.45, 2.75) is 51.6 Å². The first-order valence-electron chi connectivity index (χ1n) is 7.86. The lowest BCUT2D eigenvalue weighted by Gasteiger charge is -2.28. The summed E-state index contributed by atoms with van der Waals surface area (Å²) in [5, 5.41) is 3.68. The van der Waals surface area contributed by atoms with E-state index in [4.69, 9.17) is 4.74 Å². The fourth-order valence-corrected chi connectivity index (χ4v) is 3.01. The zero-order valence-corrected chi connectivity index (χ0v) is 12.6. The van der Waals surface area contributed by atoms with E-state index in [0.717, 1.165) is 18.2 Å². The number of hydrogen-bond acceptors (Lipinski definition) is 2. The summed E-state index contributed by atoms with van der Waals surface area (Å²) in [7, 11) is 0.